The molecule has 0 amide bonds. The van der Waals surface area contributed by atoms with E-state index in [9.17, 15) is 4.79 Å². The standard InChI is InChI=1S/C9H7N2O/c10-11-7-3-1-6-2-4-9(12)8(6)5-7/h1,3,5H,2,4H2/q+1. The van der Waals surface area contributed by atoms with Crippen LogP contribution in [0.2, 0.25) is 0 Å². The number of carbonyl (C=O) groups excluding carboxylic acids is 1. The van der Waals surface area contributed by atoms with Gasteiger partial charge in [-0.1, -0.05) is 6.07 Å². The third-order valence-electron chi connectivity index (χ3n) is 2.13. The zero-order valence-corrected chi connectivity index (χ0v) is 6.45. The van der Waals surface area contributed by atoms with Gasteiger partial charge in [0.05, 0.1) is 0 Å². The van der Waals surface area contributed by atoms with Gasteiger partial charge in [-0.05, 0) is 12.0 Å². The largest absolute Gasteiger partial charge is 0.385 e. The van der Waals surface area contributed by atoms with E-state index in [4.69, 9.17) is 5.39 Å². The Morgan fingerprint density at radius 2 is 2.17 bits per heavy atom. The zero-order chi connectivity index (χ0) is 8.55. The molecule has 2 rings (SSSR count). The second-order valence-corrected chi connectivity index (χ2v) is 2.86. The Labute approximate surface area is 69.6 Å². The maximum atomic E-state index is 11.2. The van der Waals surface area contributed by atoms with E-state index in [1.54, 1.807) is 12.1 Å². The Morgan fingerprint density at radius 3 is 2.92 bits per heavy atom. The van der Waals surface area contributed by atoms with Gasteiger partial charge in [0.2, 0.25) is 5.39 Å². The predicted octanol–water partition coefficient (Wildman–Crippen LogP) is 2.30. The van der Waals surface area contributed by atoms with E-state index in [1.807, 2.05) is 6.07 Å². The first-order valence-corrected chi connectivity index (χ1v) is 3.82. The number of aryl methyl sites for hydroxylation is 1. The van der Waals surface area contributed by atoms with E-state index in [0.717, 1.165) is 12.0 Å². The smallest absolute Gasteiger partial charge is 0.294 e. The molecular weight excluding hydrogens is 152 g/mol. The quantitative estimate of drug-likeness (QED) is 0.545. The molecule has 0 aliphatic heterocycles. The second-order valence-electron chi connectivity index (χ2n) is 2.86. The van der Waals surface area contributed by atoms with Crippen LogP contribution in [0.4, 0.5) is 5.69 Å². The average molecular weight is 159 g/mol. The molecule has 0 atom stereocenters. The number of nitrogens with zero attached hydrogens (tertiary/aromatic N) is 2. The maximum Gasteiger partial charge on any atom is 0.385 e. The molecule has 58 valence electrons. The number of rotatable bonds is 0. The Kier molecular flexibility index (Phi) is 1.41. The lowest BCUT2D eigenvalue weighted by molar-refractivity contribution is 0.0994. The fraction of sp³-hybridized carbons (Fsp3) is 0.222. The third kappa shape index (κ3) is 0.892. The summed E-state index contributed by atoms with van der Waals surface area (Å²) in [4.78, 5) is 14.2. The normalized spacial score (nSPS) is 14.1. The van der Waals surface area contributed by atoms with Gasteiger partial charge < -0.3 is 0 Å². The van der Waals surface area contributed by atoms with Crippen molar-refractivity contribution in [3.63, 3.8) is 0 Å². The summed E-state index contributed by atoms with van der Waals surface area (Å²) >= 11 is 0. The summed E-state index contributed by atoms with van der Waals surface area (Å²) in [6, 6.07) is 5.18. The molecule has 3 nitrogen and oxygen atoms in total. The molecule has 0 spiro atoms. The Bertz CT molecular complexity index is 390. The highest BCUT2D eigenvalue weighted by Gasteiger charge is 2.21. The van der Waals surface area contributed by atoms with E-state index in [1.165, 1.54) is 0 Å². The molecule has 0 N–H and O–H groups in total. The van der Waals surface area contributed by atoms with Crippen LogP contribution in [0.1, 0.15) is 22.3 Å². The van der Waals surface area contributed by atoms with Crippen LogP contribution in [0.3, 0.4) is 0 Å². The highest BCUT2D eigenvalue weighted by atomic mass is 16.1. The molecule has 0 heterocycles. The van der Waals surface area contributed by atoms with Crippen molar-refractivity contribution in [2.24, 2.45) is 0 Å². The first kappa shape index (κ1) is 6.99. The van der Waals surface area contributed by atoms with Gasteiger partial charge in [-0.15, -0.1) is 0 Å². The molecule has 12 heavy (non-hydrogen) atoms. The van der Waals surface area contributed by atoms with Crippen LogP contribution in [0.5, 0.6) is 0 Å². The predicted molar refractivity (Wildman–Crippen MR) is 43.8 cm³/mol. The number of Topliss-reactive ketones (excluding diaryl/α,β-unsaturated/α-hetero) is 1. The van der Waals surface area contributed by atoms with Crippen molar-refractivity contribution in [2.45, 2.75) is 12.8 Å². The minimum absolute atomic E-state index is 0.149. The maximum absolute atomic E-state index is 11.2. The fourth-order valence-electron chi connectivity index (χ4n) is 1.49. The van der Waals surface area contributed by atoms with E-state index >= 15 is 0 Å². The molecule has 0 unspecified atom stereocenters. The van der Waals surface area contributed by atoms with Crippen LogP contribution in [-0.2, 0) is 6.42 Å². The summed E-state index contributed by atoms with van der Waals surface area (Å²) in [5.41, 5.74) is 2.22. The lowest BCUT2D eigenvalue weighted by Crippen LogP contribution is -1.89. The van der Waals surface area contributed by atoms with Gasteiger partial charge in [-0.2, -0.15) is 0 Å². The second kappa shape index (κ2) is 2.42. The third-order valence-corrected chi connectivity index (χ3v) is 2.13. The lowest BCUT2D eigenvalue weighted by atomic mass is 10.1. The molecule has 0 fully saturated rings. The molecule has 0 aromatic heterocycles. The highest BCUT2D eigenvalue weighted by Crippen LogP contribution is 2.25. The average Bonchev–Trinajstić information content (AvgIpc) is 2.47. The van der Waals surface area contributed by atoms with Crippen LogP contribution in [-0.4, -0.2) is 5.78 Å². The number of ketones is 1. The summed E-state index contributed by atoms with van der Waals surface area (Å²) in [5, 5.41) is 8.47. The zero-order valence-electron chi connectivity index (χ0n) is 6.45. The fourth-order valence-corrected chi connectivity index (χ4v) is 1.49. The number of fused-ring (bicyclic) bond motifs is 1. The number of hydrogen-bond acceptors (Lipinski definition) is 2. The van der Waals surface area contributed by atoms with E-state index in [-0.39, 0.29) is 5.78 Å². The number of hydrogen-bond donors (Lipinski definition) is 0. The van der Waals surface area contributed by atoms with Gasteiger partial charge in [0, 0.05) is 24.1 Å². The van der Waals surface area contributed by atoms with E-state index < -0.39 is 0 Å². The number of benzene rings is 1. The summed E-state index contributed by atoms with van der Waals surface area (Å²) in [6.45, 7) is 0. The van der Waals surface area contributed by atoms with Crippen LogP contribution in [0.25, 0.3) is 4.98 Å². The molecular formula is C9H7N2O+. The first-order valence-electron chi connectivity index (χ1n) is 3.82. The highest BCUT2D eigenvalue weighted by molar-refractivity contribution is 6.01. The van der Waals surface area contributed by atoms with Gasteiger partial charge >= 0.3 is 5.69 Å². The molecule has 0 radical (unpaired) electrons. The van der Waals surface area contributed by atoms with Crippen molar-refractivity contribution in [3.05, 3.63) is 34.3 Å². The van der Waals surface area contributed by atoms with Crippen LogP contribution in [0.15, 0.2) is 18.2 Å². The molecule has 1 aromatic rings. The molecule has 1 aliphatic carbocycles. The Morgan fingerprint density at radius 1 is 1.33 bits per heavy atom. The summed E-state index contributed by atoms with van der Waals surface area (Å²) in [5.74, 6) is 0.149. The minimum atomic E-state index is 0.149. The SMILES string of the molecule is N#[N+]c1ccc2c(c1)C(=O)CC2. The van der Waals surface area contributed by atoms with Gasteiger partial charge in [0.15, 0.2) is 10.8 Å². The minimum Gasteiger partial charge on any atom is -0.294 e. The lowest BCUT2D eigenvalue weighted by Gasteiger charge is -1.90. The van der Waals surface area contributed by atoms with E-state index in [2.05, 4.69) is 4.98 Å². The number of diazo groups is 1. The first-order chi connectivity index (χ1) is 5.81. The summed E-state index contributed by atoms with van der Waals surface area (Å²) in [7, 11) is 0. The van der Waals surface area contributed by atoms with Crippen molar-refractivity contribution in [3.8, 4) is 0 Å². The van der Waals surface area contributed by atoms with Crippen molar-refractivity contribution >= 4 is 11.5 Å². The van der Waals surface area contributed by atoms with Crippen molar-refractivity contribution in [2.75, 3.05) is 0 Å². The Hall–Kier alpha value is -1.69. The van der Waals surface area contributed by atoms with Crippen LogP contribution in [0, 0.1) is 5.39 Å². The van der Waals surface area contributed by atoms with Crippen molar-refractivity contribution < 1.29 is 4.79 Å². The van der Waals surface area contributed by atoms with Gasteiger partial charge in [-0.25, -0.2) is 0 Å². The van der Waals surface area contributed by atoms with Crippen LogP contribution >= 0.6 is 0 Å². The van der Waals surface area contributed by atoms with Crippen molar-refractivity contribution in [1.82, 2.24) is 0 Å². The number of carbonyl (C=O) groups is 1. The Balaban J connectivity index is 2.59. The molecule has 3 heteroatoms. The van der Waals surface area contributed by atoms with E-state index in [0.29, 0.717) is 17.7 Å². The molecule has 0 saturated heterocycles. The summed E-state index contributed by atoms with van der Waals surface area (Å²) < 4.78 is 0. The van der Waals surface area contributed by atoms with Gasteiger partial charge in [0.1, 0.15) is 0 Å². The van der Waals surface area contributed by atoms with Crippen LogP contribution < -0.4 is 0 Å². The van der Waals surface area contributed by atoms with Crippen molar-refractivity contribution in [1.29, 1.82) is 5.39 Å². The topological polar surface area (TPSA) is 45.2 Å². The molecule has 1 aliphatic rings. The molecule has 0 saturated carbocycles. The molecule has 0 bridgehead atoms. The van der Waals surface area contributed by atoms with Gasteiger partial charge in [0.25, 0.3) is 0 Å². The molecule has 1 aromatic carbocycles. The summed E-state index contributed by atoms with van der Waals surface area (Å²) in [6.07, 6.45) is 1.41. The monoisotopic (exact) mass is 159 g/mol. The van der Waals surface area contributed by atoms with Gasteiger partial charge in [-0.3, -0.25) is 4.79 Å².